The summed E-state index contributed by atoms with van der Waals surface area (Å²) < 4.78 is -0.198. The third kappa shape index (κ3) is 8.54. The minimum atomic E-state index is -0.0988. The number of rotatable bonds is 0. The maximum Gasteiger partial charge on any atom is 1.00 e. The van der Waals surface area contributed by atoms with Crippen LogP contribution in [0.15, 0.2) is 8.98 Å². The van der Waals surface area contributed by atoms with Crippen molar-refractivity contribution in [2.45, 2.75) is 0 Å². The van der Waals surface area contributed by atoms with Crippen molar-refractivity contribution in [3.8, 4) is 0 Å². The molecule has 5 heteroatoms. The summed E-state index contributed by atoms with van der Waals surface area (Å²) in [5.74, 6) is 0. The van der Waals surface area contributed by atoms with Crippen molar-refractivity contribution in [2.75, 3.05) is 0 Å². The molecule has 0 aromatic carbocycles. The van der Waals surface area contributed by atoms with Crippen LogP contribution in [-0.2, 0) is 0 Å². The fourth-order valence-electron chi connectivity index (χ4n) is 0. The Hall–Kier alpha value is 2.54. The van der Waals surface area contributed by atoms with Gasteiger partial charge in [-0.05, 0) is 0 Å². The Morgan fingerprint density at radius 3 is 1.00 bits per heavy atom. The van der Waals surface area contributed by atoms with E-state index in [1.54, 1.807) is 0 Å². The second kappa shape index (κ2) is 6.65. The monoisotopic (exact) mass is 204 g/mol. The summed E-state index contributed by atoms with van der Waals surface area (Å²) in [6.45, 7) is 0. The van der Waals surface area contributed by atoms with Gasteiger partial charge in [-0.15, -0.1) is 0 Å². The maximum absolute atomic E-state index is 4.99. The minimum Gasteiger partial charge on any atom is -1.00 e. The molecule has 0 aliphatic rings. The zero-order valence-electron chi connectivity index (χ0n) is 4.51. The molecule has 7 heavy (non-hydrogen) atoms. The van der Waals surface area contributed by atoms with Crippen molar-refractivity contribution in [2.24, 2.45) is 0 Å². The van der Waals surface area contributed by atoms with Gasteiger partial charge in [0.2, 0.25) is 0 Å². The van der Waals surface area contributed by atoms with E-state index in [0.29, 0.717) is 0 Å². The van der Waals surface area contributed by atoms with Gasteiger partial charge in [0.15, 0.2) is 0 Å². The van der Waals surface area contributed by atoms with Gasteiger partial charge >= 0.3 is 51.4 Å². The molecule has 0 unspecified atom stereocenters. The van der Waals surface area contributed by atoms with Crippen LogP contribution in [0, 0.1) is 0 Å². The molecule has 0 aromatic heterocycles. The van der Waals surface area contributed by atoms with E-state index >= 15 is 0 Å². The summed E-state index contributed by atoms with van der Waals surface area (Å²) in [7, 11) is 0. The van der Waals surface area contributed by atoms with Gasteiger partial charge in [0.1, 0.15) is 8.98 Å². The van der Waals surface area contributed by atoms with E-state index in [0.717, 1.165) is 0 Å². The minimum absolute atomic E-state index is 0. The molecule has 38 valence electrons. The van der Waals surface area contributed by atoms with Crippen molar-refractivity contribution in [3.05, 3.63) is 8.98 Å². The van der Waals surface area contributed by atoms with E-state index in [2.05, 4.69) is 0 Å². The van der Waals surface area contributed by atoms with Crippen molar-refractivity contribution in [3.63, 3.8) is 0 Å². The second-order valence-electron chi connectivity index (χ2n) is 0.521. The first kappa shape index (κ1) is 12.2. The maximum atomic E-state index is 4.99. The average molecular weight is 206 g/mol. The predicted molar refractivity (Wildman–Crippen MR) is 31.6 cm³/mol. The predicted octanol–water partition coefficient (Wildman–Crippen LogP) is 0.185. The van der Waals surface area contributed by atoms with Crippen LogP contribution in [0.4, 0.5) is 0 Å². The molecule has 0 spiro atoms. The van der Waals surface area contributed by atoms with Crippen molar-refractivity contribution < 1.29 is 52.8 Å². The Morgan fingerprint density at radius 2 is 1.00 bits per heavy atom. The topological polar surface area (TPSA) is 0 Å². The molecule has 0 rings (SSSR count). The van der Waals surface area contributed by atoms with Gasteiger partial charge in [0, 0.05) is 0 Å². The van der Waals surface area contributed by atoms with Crippen LogP contribution >= 0.6 is 46.4 Å². The molecule has 0 bridgehead atoms. The SMILES string of the molecule is ClC(Cl)=C(Cl)Cl.[H-].[K+]. The second-order valence-corrected chi connectivity index (χ2v) is 2.42. The van der Waals surface area contributed by atoms with Crippen LogP contribution in [-0.4, -0.2) is 0 Å². The van der Waals surface area contributed by atoms with Crippen LogP contribution in [0.25, 0.3) is 0 Å². The molecule has 0 atom stereocenters. The van der Waals surface area contributed by atoms with Crippen molar-refractivity contribution in [1.29, 1.82) is 0 Å². The van der Waals surface area contributed by atoms with Crippen LogP contribution in [0.5, 0.6) is 0 Å². The van der Waals surface area contributed by atoms with Gasteiger partial charge in [-0.1, -0.05) is 46.4 Å². The standard InChI is InChI=1S/C2Cl4.K.H/c3-1(4)2(5)6;;/q;+1;-1. The molecule has 0 heterocycles. The van der Waals surface area contributed by atoms with Crippen molar-refractivity contribution >= 4 is 46.4 Å². The molecule has 0 aromatic rings. The molecule has 0 saturated carbocycles. The Kier molecular flexibility index (Phi) is 11.6. The summed E-state index contributed by atoms with van der Waals surface area (Å²) in [5.41, 5.74) is 0. The van der Waals surface area contributed by atoms with E-state index in [-0.39, 0.29) is 61.8 Å². The van der Waals surface area contributed by atoms with Gasteiger partial charge < -0.3 is 1.43 Å². The molecule has 0 aliphatic carbocycles. The Balaban J connectivity index is -0.000000125. The van der Waals surface area contributed by atoms with E-state index in [1.165, 1.54) is 0 Å². The Labute approximate surface area is 106 Å². The van der Waals surface area contributed by atoms with Crippen LogP contribution in [0.1, 0.15) is 1.43 Å². The van der Waals surface area contributed by atoms with Crippen LogP contribution in [0.3, 0.4) is 0 Å². The fraction of sp³-hybridized carbons (Fsp3) is 0. The molecule has 0 aliphatic heterocycles. The number of halogens is 4. The fourth-order valence-corrected chi connectivity index (χ4v) is 0. The van der Waals surface area contributed by atoms with Crippen molar-refractivity contribution in [1.82, 2.24) is 0 Å². The first-order chi connectivity index (χ1) is 2.64. The normalized spacial score (nSPS) is 6.86. The zero-order valence-corrected chi connectivity index (χ0v) is 9.66. The molecule has 0 radical (unpaired) electrons. The van der Waals surface area contributed by atoms with E-state index in [1.807, 2.05) is 0 Å². The summed E-state index contributed by atoms with van der Waals surface area (Å²) >= 11 is 20.0. The van der Waals surface area contributed by atoms with Gasteiger partial charge in [0.05, 0.1) is 0 Å². The Bertz CT molecular complexity index is 64.1. The molecule has 0 fully saturated rings. The van der Waals surface area contributed by atoms with E-state index in [4.69, 9.17) is 46.4 Å². The molecule has 0 amide bonds. The molecular formula is C2HCl4K. The summed E-state index contributed by atoms with van der Waals surface area (Å²) in [5, 5.41) is 0. The van der Waals surface area contributed by atoms with E-state index in [9.17, 15) is 0 Å². The van der Waals surface area contributed by atoms with Crippen LogP contribution < -0.4 is 51.4 Å². The molecule has 0 nitrogen and oxygen atoms in total. The van der Waals surface area contributed by atoms with Gasteiger partial charge in [-0.25, -0.2) is 0 Å². The van der Waals surface area contributed by atoms with Gasteiger partial charge in [-0.2, -0.15) is 0 Å². The number of hydrogen-bond acceptors (Lipinski definition) is 0. The summed E-state index contributed by atoms with van der Waals surface area (Å²) in [6.07, 6.45) is 0. The third-order valence-corrected chi connectivity index (χ3v) is 1.29. The first-order valence-corrected chi connectivity index (χ1v) is 2.52. The molecule has 0 N–H and O–H groups in total. The summed E-state index contributed by atoms with van der Waals surface area (Å²) in [6, 6.07) is 0. The van der Waals surface area contributed by atoms with Crippen LogP contribution in [0.2, 0.25) is 0 Å². The van der Waals surface area contributed by atoms with Gasteiger partial charge in [0.25, 0.3) is 0 Å². The largest absolute Gasteiger partial charge is 1.00 e. The smallest absolute Gasteiger partial charge is 1.00 e. The van der Waals surface area contributed by atoms with E-state index < -0.39 is 0 Å². The van der Waals surface area contributed by atoms with Gasteiger partial charge in [-0.3, -0.25) is 0 Å². The third-order valence-electron chi connectivity index (χ3n) is 0.143. The summed E-state index contributed by atoms with van der Waals surface area (Å²) in [4.78, 5) is 0. The first-order valence-electron chi connectivity index (χ1n) is 1.01. The average Bonchev–Trinajstić information content (AvgIpc) is 1.36. The quantitative estimate of drug-likeness (QED) is 0.496. The number of hydrogen-bond donors (Lipinski definition) is 0. The molecule has 0 saturated heterocycles. The zero-order chi connectivity index (χ0) is 5.15. The molecular weight excluding hydrogens is 205 g/mol. The Morgan fingerprint density at radius 1 is 0.857 bits per heavy atom.